The molecular formula is C12H13BrFNO4S. The number of carbonyl (C=O) groups is 2. The number of ether oxygens (including phenoxy) is 1. The minimum Gasteiger partial charge on any atom is -0.481 e. The molecule has 0 heterocycles. The predicted octanol–water partition coefficient (Wildman–Crippen LogP) is 1.90. The monoisotopic (exact) mass is 365 g/mol. The zero-order chi connectivity index (χ0) is 15.0. The van der Waals surface area contributed by atoms with E-state index in [0.717, 1.165) is 0 Å². The number of aliphatic carboxylic acids is 1. The molecule has 0 aliphatic rings. The average molecular weight is 366 g/mol. The molecule has 0 spiro atoms. The molecule has 0 aromatic heterocycles. The molecule has 1 aromatic rings. The average Bonchev–Trinajstić information content (AvgIpc) is 2.37. The van der Waals surface area contributed by atoms with E-state index in [1.54, 1.807) is 6.07 Å². The van der Waals surface area contributed by atoms with E-state index in [4.69, 9.17) is 9.84 Å². The molecular weight excluding hydrogens is 353 g/mol. The Morgan fingerprint density at radius 2 is 2.20 bits per heavy atom. The first-order chi connectivity index (χ1) is 9.49. The summed E-state index contributed by atoms with van der Waals surface area (Å²) in [6.45, 7) is 0.0467. The first kappa shape index (κ1) is 16.8. The van der Waals surface area contributed by atoms with E-state index in [2.05, 4.69) is 21.2 Å². The van der Waals surface area contributed by atoms with E-state index in [-0.39, 0.29) is 24.0 Å². The van der Waals surface area contributed by atoms with Gasteiger partial charge in [0, 0.05) is 16.8 Å². The molecule has 110 valence electrons. The molecule has 0 bridgehead atoms. The van der Waals surface area contributed by atoms with Crippen LogP contribution < -0.4 is 10.1 Å². The number of nitrogens with one attached hydrogen (secondary N) is 1. The van der Waals surface area contributed by atoms with E-state index < -0.39 is 11.8 Å². The number of carbonyl (C=O) groups excluding carboxylic acids is 1. The fourth-order valence-electron chi connectivity index (χ4n) is 1.21. The summed E-state index contributed by atoms with van der Waals surface area (Å²) >= 11 is 4.32. The Kier molecular flexibility index (Phi) is 7.38. The van der Waals surface area contributed by atoms with Crippen LogP contribution in [0.2, 0.25) is 0 Å². The minimum atomic E-state index is -0.893. The third-order valence-electron chi connectivity index (χ3n) is 2.05. The molecule has 0 radical (unpaired) electrons. The van der Waals surface area contributed by atoms with Gasteiger partial charge in [0.1, 0.15) is 0 Å². The van der Waals surface area contributed by atoms with Gasteiger partial charge in [-0.05, 0) is 18.2 Å². The molecule has 2 N–H and O–H groups in total. The maximum absolute atomic E-state index is 13.4. The smallest absolute Gasteiger partial charge is 0.313 e. The van der Waals surface area contributed by atoms with Gasteiger partial charge in [-0.3, -0.25) is 9.59 Å². The van der Waals surface area contributed by atoms with Crippen LogP contribution in [0.5, 0.6) is 5.75 Å². The highest BCUT2D eigenvalue weighted by molar-refractivity contribution is 9.10. The predicted molar refractivity (Wildman–Crippen MR) is 77.6 cm³/mol. The molecule has 0 atom stereocenters. The fraction of sp³-hybridized carbons (Fsp3) is 0.333. The van der Waals surface area contributed by atoms with Crippen LogP contribution in [-0.4, -0.2) is 41.6 Å². The Morgan fingerprint density at radius 3 is 2.85 bits per heavy atom. The van der Waals surface area contributed by atoms with Crippen LogP contribution in [0, 0.1) is 5.82 Å². The van der Waals surface area contributed by atoms with E-state index in [1.165, 1.54) is 23.9 Å². The van der Waals surface area contributed by atoms with Crippen molar-refractivity contribution in [3.05, 3.63) is 28.5 Å². The summed E-state index contributed by atoms with van der Waals surface area (Å²) in [5.74, 6) is -1.34. The number of thioether (sulfide) groups is 1. The lowest BCUT2D eigenvalue weighted by Gasteiger charge is -2.08. The van der Waals surface area contributed by atoms with Crippen molar-refractivity contribution in [3.63, 3.8) is 0 Å². The number of hydrogen-bond donors (Lipinski definition) is 2. The summed E-state index contributed by atoms with van der Waals surface area (Å²) in [6, 6.07) is 4.28. The maximum atomic E-state index is 13.4. The molecule has 1 rings (SSSR count). The Morgan fingerprint density at radius 1 is 1.45 bits per heavy atom. The van der Waals surface area contributed by atoms with Crippen LogP contribution in [0.4, 0.5) is 4.39 Å². The largest absolute Gasteiger partial charge is 0.481 e. The van der Waals surface area contributed by atoms with Crippen molar-refractivity contribution in [1.82, 2.24) is 5.32 Å². The summed E-state index contributed by atoms with van der Waals surface area (Å²) in [5, 5.41) is 11.0. The van der Waals surface area contributed by atoms with E-state index in [9.17, 15) is 14.0 Å². The number of benzene rings is 1. The fourth-order valence-corrected chi connectivity index (χ4v) is 2.11. The third kappa shape index (κ3) is 6.76. The summed E-state index contributed by atoms with van der Waals surface area (Å²) in [4.78, 5) is 21.6. The molecule has 0 unspecified atom stereocenters. The maximum Gasteiger partial charge on any atom is 0.313 e. The molecule has 0 aliphatic carbocycles. The van der Waals surface area contributed by atoms with Crippen LogP contribution in [0.25, 0.3) is 0 Å². The molecule has 1 aromatic carbocycles. The Balaban J connectivity index is 2.21. The highest BCUT2D eigenvalue weighted by atomic mass is 79.9. The van der Waals surface area contributed by atoms with Gasteiger partial charge in [0.25, 0.3) is 5.91 Å². The zero-order valence-corrected chi connectivity index (χ0v) is 12.8. The third-order valence-corrected chi connectivity index (χ3v) is 3.48. The SMILES string of the molecule is O=C(O)CSCCNC(=O)COc1ccc(Br)cc1F. The van der Waals surface area contributed by atoms with E-state index in [1.807, 2.05) is 0 Å². The number of hydrogen-bond acceptors (Lipinski definition) is 4. The van der Waals surface area contributed by atoms with E-state index >= 15 is 0 Å². The lowest BCUT2D eigenvalue weighted by molar-refractivity contribution is -0.133. The number of carboxylic acid groups (broad SMARTS) is 1. The Bertz CT molecular complexity index is 487. The minimum absolute atomic E-state index is 0.00334. The van der Waals surface area contributed by atoms with Crippen LogP contribution in [-0.2, 0) is 9.59 Å². The summed E-state index contributed by atoms with van der Waals surface area (Å²) < 4.78 is 19.0. The van der Waals surface area contributed by atoms with Gasteiger partial charge in [-0.1, -0.05) is 15.9 Å². The second-order valence-electron chi connectivity index (χ2n) is 3.66. The van der Waals surface area contributed by atoms with Gasteiger partial charge < -0.3 is 15.2 Å². The standard InChI is InChI=1S/C12H13BrFNO4S/c13-8-1-2-10(9(14)5-8)19-6-11(16)15-3-4-20-7-12(17)18/h1-2,5H,3-4,6-7H2,(H,15,16)(H,17,18). The van der Waals surface area contributed by atoms with Gasteiger partial charge in [0.05, 0.1) is 5.75 Å². The number of rotatable bonds is 8. The Labute approximate surface area is 128 Å². The van der Waals surface area contributed by atoms with Gasteiger partial charge in [-0.2, -0.15) is 0 Å². The molecule has 8 heteroatoms. The quantitative estimate of drug-likeness (QED) is 0.688. The zero-order valence-electron chi connectivity index (χ0n) is 10.4. The summed E-state index contributed by atoms with van der Waals surface area (Å²) in [6.07, 6.45) is 0. The van der Waals surface area contributed by atoms with Crippen LogP contribution in [0.3, 0.4) is 0 Å². The highest BCUT2D eigenvalue weighted by Gasteiger charge is 2.07. The first-order valence-electron chi connectivity index (χ1n) is 5.63. The molecule has 0 saturated carbocycles. The Hall–Kier alpha value is -1.28. The summed E-state index contributed by atoms with van der Waals surface area (Å²) in [7, 11) is 0. The van der Waals surface area contributed by atoms with Crippen molar-refractivity contribution < 1.29 is 23.8 Å². The van der Waals surface area contributed by atoms with Gasteiger partial charge in [0.15, 0.2) is 18.2 Å². The van der Waals surface area contributed by atoms with Gasteiger partial charge in [-0.25, -0.2) is 4.39 Å². The molecule has 20 heavy (non-hydrogen) atoms. The number of amides is 1. The second-order valence-corrected chi connectivity index (χ2v) is 5.68. The van der Waals surface area contributed by atoms with Crippen LogP contribution in [0.1, 0.15) is 0 Å². The highest BCUT2D eigenvalue weighted by Crippen LogP contribution is 2.21. The lowest BCUT2D eigenvalue weighted by atomic mass is 10.3. The lowest BCUT2D eigenvalue weighted by Crippen LogP contribution is -2.30. The van der Waals surface area contributed by atoms with Crippen molar-refractivity contribution in [2.45, 2.75) is 0 Å². The molecule has 0 fully saturated rings. The molecule has 0 aliphatic heterocycles. The second kappa shape index (κ2) is 8.80. The van der Waals surface area contributed by atoms with Gasteiger partial charge in [-0.15, -0.1) is 11.8 Å². The molecule has 1 amide bonds. The van der Waals surface area contributed by atoms with E-state index in [0.29, 0.717) is 16.8 Å². The number of halogens is 2. The van der Waals surface area contributed by atoms with Crippen molar-refractivity contribution in [2.24, 2.45) is 0 Å². The van der Waals surface area contributed by atoms with Crippen molar-refractivity contribution in [1.29, 1.82) is 0 Å². The number of carboxylic acids is 1. The topological polar surface area (TPSA) is 75.6 Å². The van der Waals surface area contributed by atoms with Crippen molar-refractivity contribution in [3.8, 4) is 5.75 Å². The normalized spacial score (nSPS) is 10.1. The van der Waals surface area contributed by atoms with Gasteiger partial charge in [0.2, 0.25) is 0 Å². The molecule has 0 saturated heterocycles. The van der Waals surface area contributed by atoms with Crippen molar-refractivity contribution >= 4 is 39.6 Å². The summed E-state index contributed by atoms with van der Waals surface area (Å²) in [5.41, 5.74) is 0. The molecule has 5 nitrogen and oxygen atoms in total. The first-order valence-corrected chi connectivity index (χ1v) is 7.58. The van der Waals surface area contributed by atoms with Crippen molar-refractivity contribution in [2.75, 3.05) is 24.7 Å². The van der Waals surface area contributed by atoms with Crippen LogP contribution >= 0.6 is 27.7 Å². The van der Waals surface area contributed by atoms with Crippen LogP contribution in [0.15, 0.2) is 22.7 Å². The van der Waals surface area contributed by atoms with Gasteiger partial charge >= 0.3 is 5.97 Å².